The molecule has 0 saturated heterocycles. The van der Waals surface area contributed by atoms with Crippen LogP contribution in [0.15, 0.2) is 46.9 Å². The van der Waals surface area contributed by atoms with Crippen LogP contribution in [0.5, 0.6) is 0 Å². The van der Waals surface area contributed by atoms with Gasteiger partial charge in [0, 0.05) is 10.0 Å². The Bertz CT molecular complexity index is 620. The molecule has 3 N–H and O–H groups in total. The minimum absolute atomic E-state index is 0.254. The molecule has 0 radical (unpaired) electrons. The van der Waals surface area contributed by atoms with E-state index < -0.39 is 0 Å². The quantitative estimate of drug-likeness (QED) is 0.634. The van der Waals surface area contributed by atoms with E-state index in [1.165, 1.54) is 30.9 Å². The topological polar surface area (TPSA) is 38.0 Å². The highest BCUT2D eigenvalue weighted by molar-refractivity contribution is 9.10. The Labute approximate surface area is 132 Å². The third-order valence-electron chi connectivity index (χ3n) is 4.31. The lowest BCUT2D eigenvalue weighted by Gasteiger charge is -2.30. The maximum absolute atomic E-state index is 14.3. The molecular weight excluding hydrogens is 331 g/mol. The minimum atomic E-state index is -0.350. The standard InChI is InChI=1S/C17H18BrFN2/c18-14-9-4-10-15(19)16(14)17(21-20)13-8-2-1-7-12(13)11-5-3-6-11/h1-2,4,7-11,17,21H,3,5-6,20H2. The van der Waals surface area contributed by atoms with Gasteiger partial charge in [0.25, 0.3) is 0 Å². The summed E-state index contributed by atoms with van der Waals surface area (Å²) in [5.41, 5.74) is 5.70. The van der Waals surface area contributed by atoms with Gasteiger partial charge in [0.1, 0.15) is 5.82 Å². The second kappa shape index (κ2) is 6.26. The number of benzene rings is 2. The van der Waals surface area contributed by atoms with Crippen LogP contribution in [0.1, 0.15) is 47.9 Å². The van der Waals surface area contributed by atoms with Crippen LogP contribution in [0.25, 0.3) is 0 Å². The predicted octanol–water partition coefficient (Wildman–Crippen LogP) is 4.41. The number of hydrazine groups is 1. The Kier molecular flexibility index (Phi) is 4.38. The van der Waals surface area contributed by atoms with E-state index in [2.05, 4.69) is 27.4 Å². The summed E-state index contributed by atoms with van der Waals surface area (Å²) < 4.78 is 15.0. The maximum Gasteiger partial charge on any atom is 0.129 e. The van der Waals surface area contributed by atoms with Crippen LogP contribution in [-0.4, -0.2) is 0 Å². The van der Waals surface area contributed by atoms with Crippen molar-refractivity contribution in [2.24, 2.45) is 5.84 Å². The predicted molar refractivity (Wildman–Crippen MR) is 86.3 cm³/mol. The Morgan fingerprint density at radius 3 is 2.52 bits per heavy atom. The number of halogens is 2. The molecule has 3 rings (SSSR count). The Morgan fingerprint density at radius 2 is 1.90 bits per heavy atom. The first-order valence-corrected chi connectivity index (χ1v) is 8.00. The van der Waals surface area contributed by atoms with E-state index in [1.54, 1.807) is 6.07 Å². The van der Waals surface area contributed by atoms with Gasteiger partial charge in [-0.1, -0.05) is 52.7 Å². The summed E-state index contributed by atoms with van der Waals surface area (Å²) in [6.07, 6.45) is 3.67. The van der Waals surface area contributed by atoms with E-state index in [4.69, 9.17) is 5.84 Å². The number of nitrogens with two attached hydrogens (primary N) is 1. The van der Waals surface area contributed by atoms with Crippen molar-refractivity contribution in [3.8, 4) is 0 Å². The Balaban J connectivity index is 2.08. The normalized spacial score (nSPS) is 16.5. The molecule has 0 spiro atoms. The third-order valence-corrected chi connectivity index (χ3v) is 5.00. The summed E-state index contributed by atoms with van der Waals surface area (Å²) in [7, 11) is 0. The summed E-state index contributed by atoms with van der Waals surface area (Å²) in [5.74, 6) is 6.08. The van der Waals surface area contributed by atoms with Crippen molar-refractivity contribution in [2.45, 2.75) is 31.2 Å². The summed E-state index contributed by atoms with van der Waals surface area (Å²) in [5, 5.41) is 0. The molecule has 0 heterocycles. The lowest BCUT2D eigenvalue weighted by atomic mass is 9.76. The second-order valence-electron chi connectivity index (χ2n) is 5.49. The van der Waals surface area contributed by atoms with E-state index in [-0.39, 0.29) is 11.9 Å². The summed E-state index contributed by atoms with van der Waals surface area (Å²) >= 11 is 3.44. The van der Waals surface area contributed by atoms with Gasteiger partial charge >= 0.3 is 0 Å². The fraction of sp³-hybridized carbons (Fsp3) is 0.294. The van der Waals surface area contributed by atoms with Gasteiger partial charge in [-0.3, -0.25) is 5.84 Å². The third kappa shape index (κ3) is 2.76. The molecule has 1 fully saturated rings. The van der Waals surface area contributed by atoms with Crippen LogP contribution in [0.2, 0.25) is 0 Å². The molecule has 2 aromatic rings. The molecule has 0 aliphatic heterocycles. The van der Waals surface area contributed by atoms with Crippen LogP contribution in [0.4, 0.5) is 4.39 Å². The van der Waals surface area contributed by atoms with E-state index in [1.807, 2.05) is 24.3 Å². The molecule has 0 amide bonds. The lowest BCUT2D eigenvalue weighted by molar-refractivity contribution is 0.413. The van der Waals surface area contributed by atoms with Gasteiger partial charge in [0.2, 0.25) is 0 Å². The molecule has 0 aromatic heterocycles. The van der Waals surface area contributed by atoms with Gasteiger partial charge in [-0.05, 0) is 42.0 Å². The molecule has 1 atom stereocenters. The van der Waals surface area contributed by atoms with Gasteiger partial charge in [-0.2, -0.15) is 0 Å². The molecule has 1 saturated carbocycles. The molecule has 1 aliphatic rings. The van der Waals surface area contributed by atoms with E-state index in [9.17, 15) is 4.39 Å². The van der Waals surface area contributed by atoms with Crippen LogP contribution in [0.3, 0.4) is 0 Å². The highest BCUT2D eigenvalue weighted by Crippen LogP contribution is 2.41. The molecule has 110 valence electrons. The molecule has 1 unspecified atom stereocenters. The lowest BCUT2D eigenvalue weighted by Crippen LogP contribution is -2.31. The Hall–Kier alpha value is -1.23. The first kappa shape index (κ1) is 14.7. The van der Waals surface area contributed by atoms with Gasteiger partial charge in [-0.15, -0.1) is 0 Å². The van der Waals surface area contributed by atoms with Crippen molar-refractivity contribution >= 4 is 15.9 Å². The van der Waals surface area contributed by atoms with Crippen molar-refractivity contribution in [3.63, 3.8) is 0 Å². The molecular formula is C17H18BrFN2. The summed E-state index contributed by atoms with van der Waals surface area (Å²) in [6.45, 7) is 0. The zero-order valence-corrected chi connectivity index (χ0v) is 13.2. The SMILES string of the molecule is NNC(c1ccccc1C1CCC1)c1c(F)cccc1Br. The smallest absolute Gasteiger partial charge is 0.129 e. The number of rotatable bonds is 4. The van der Waals surface area contributed by atoms with Crippen molar-refractivity contribution in [1.82, 2.24) is 5.43 Å². The van der Waals surface area contributed by atoms with Crippen molar-refractivity contribution in [2.75, 3.05) is 0 Å². The van der Waals surface area contributed by atoms with Crippen molar-refractivity contribution in [3.05, 3.63) is 69.4 Å². The molecule has 0 bridgehead atoms. The molecule has 2 aromatic carbocycles. The van der Waals surface area contributed by atoms with Gasteiger partial charge in [-0.25, -0.2) is 9.82 Å². The average Bonchev–Trinajstić information content (AvgIpc) is 2.42. The molecule has 21 heavy (non-hydrogen) atoms. The van der Waals surface area contributed by atoms with E-state index in [0.717, 1.165) is 10.0 Å². The van der Waals surface area contributed by atoms with Crippen LogP contribution in [-0.2, 0) is 0 Å². The van der Waals surface area contributed by atoms with Crippen LogP contribution in [0, 0.1) is 5.82 Å². The molecule has 4 heteroatoms. The fourth-order valence-corrected chi connectivity index (χ4v) is 3.55. The Morgan fingerprint density at radius 1 is 1.14 bits per heavy atom. The minimum Gasteiger partial charge on any atom is -0.271 e. The highest BCUT2D eigenvalue weighted by atomic mass is 79.9. The molecule has 1 aliphatic carbocycles. The highest BCUT2D eigenvalue weighted by Gasteiger charge is 2.27. The summed E-state index contributed by atoms with van der Waals surface area (Å²) in [4.78, 5) is 0. The van der Waals surface area contributed by atoms with Crippen molar-refractivity contribution < 1.29 is 4.39 Å². The largest absolute Gasteiger partial charge is 0.271 e. The van der Waals surface area contributed by atoms with Gasteiger partial charge in [0.05, 0.1) is 6.04 Å². The van der Waals surface area contributed by atoms with Crippen molar-refractivity contribution in [1.29, 1.82) is 0 Å². The second-order valence-corrected chi connectivity index (χ2v) is 6.35. The van der Waals surface area contributed by atoms with Crippen LogP contribution < -0.4 is 11.3 Å². The van der Waals surface area contributed by atoms with Crippen LogP contribution >= 0.6 is 15.9 Å². The monoisotopic (exact) mass is 348 g/mol. The molecule has 2 nitrogen and oxygen atoms in total. The van der Waals surface area contributed by atoms with E-state index in [0.29, 0.717) is 11.5 Å². The number of nitrogens with one attached hydrogen (secondary N) is 1. The number of hydrogen-bond donors (Lipinski definition) is 2. The fourth-order valence-electron chi connectivity index (χ4n) is 2.98. The first-order chi connectivity index (χ1) is 10.2. The van der Waals surface area contributed by atoms with Gasteiger partial charge < -0.3 is 0 Å². The first-order valence-electron chi connectivity index (χ1n) is 7.21. The maximum atomic E-state index is 14.3. The zero-order valence-electron chi connectivity index (χ0n) is 11.7. The zero-order chi connectivity index (χ0) is 14.8. The van der Waals surface area contributed by atoms with E-state index >= 15 is 0 Å². The average molecular weight is 349 g/mol. The van der Waals surface area contributed by atoms with Gasteiger partial charge in [0.15, 0.2) is 0 Å². The number of hydrogen-bond acceptors (Lipinski definition) is 2. The summed E-state index contributed by atoms with van der Waals surface area (Å²) in [6, 6.07) is 12.9.